The van der Waals surface area contributed by atoms with Gasteiger partial charge in [0.15, 0.2) is 0 Å². The molecule has 0 amide bonds. The minimum atomic E-state index is -3.38. The highest BCUT2D eigenvalue weighted by Crippen LogP contribution is 2.45. The largest absolute Gasteiger partial charge is 0.466 e. The first kappa shape index (κ1) is 18.9. The minimum Gasteiger partial charge on any atom is -0.466 e. The predicted molar refractivity (Wildman–Crippen MR) is 80.2 cm³/mol. The van der Waals surface area contributed by atoms with Crippen LogP contribution in [0.4, 0.5) is 22.0 Å². The molecule has 10 heteroatoms. The van der Waals surface area contributed by atoms with E-state index in [0.29, 0.717) is 6.07 Å². The van der Waals surface area contributed by atoms with Crippen molar-refractivity contribution in [2.24, 2.45) is 0 Å². The molecule has 5 nitrogen and oxygen atoms in total. The van der Waals surface area contributed by atoms with Gasteiger partial charge in [-0.25, -0.2) is 31.5 Å². The Labute approximate surface area is 149 Å². The number of nitrogens with one attached hydrogen (secondary N) is 1. The number of hydrogen-bond acceptors (Lipinski definition) is 5. The summed E-state index contributed by atoms with van der Waals surface area (Å²) in [5.74, 6) is -6.56. The lowest BCUT2D eigenvalue weighted by atomic mass is 9.78. The van der Waals surface area contributed by atoms with Crippen LogP contribution in [-0.4, -0.2) is 32.3 Å². The Bertz CT molecular complexity index is 894. The van der Waals surface area contributed by atoms with E-state index in [2.05, 4.69) is 10.1 Å². The number of ether oxygens (including phenoxy) is 2. The van der Waals surface area contributed by atoms with Crippen molar-refractivity contribution in [3.05, 3.63) is 57.4 Å². The number of benzene rings is 1. The van der Waals surface area contributed by atoms with Crippen molar-refractivity contribution in [3.8, 4) is 0 Å². The molecule has 0 fully saturated rings. The molecule has 0 aliphatic carbocycles. The lowest BCUT2D eigenvalue weighted by Crippen LogP contribution is -2.32. The highest BCUT2D eigenvalue weighted by Gasteiger charge is 2.44. The first-order chi connectivity index (χ1) is 12.8. The summed E-state index contributed by atoms with van der Waals surface area (Å²) in [7, 11) is 0.958. The number of dihydropyridines is 1. The van der Waals surface area contributed by atoms with Crippen molar-refractivity contribution in [2.75, 3.05) is 20.4 Å². The van der Waals surface area contributed by atoms with Crippen LogP contribution < -0.4 is 5.32 Å². The third kappa shape index (κ3) is 3.04. The molecule has 0 bridgehead atoms. The molecule has 0 radical (unpaired) electrons. The molecule has 0 spiro atoms. The summed E-state index contributed by atoms with van der Waals surface area (Å²) in [6.45, 7) is -1.57. The Hall–Kier alpha value is -2.91. The van der Waals surface area contributed by atoms with Crippen LogP contribution in [0.25, 0.3) is 0 Å². The van der Waals surface area contributed by atoms with Gasteiger partial charge < -0.3 is 14.8 Å². The van der Waals surface area contributed by atoms with Crippen LogP contribution in [0.15, 0.2) is 34.7 Å². The molecule has 1 atom stereocenters. The fraction of sp³-hybridized carbons (Fsp3) is 0.294. The van der Waals surface area contributed by atoms with Crippen LogP contribution in [0.1, 0.15) is 23.5 Å². The fourth-order valence-corrected chi connectivity index (χ4v) is 3.22. The van der Waals surface area contributed by atoms with Crippen molar-refractivity contribution in [2.45, 2.75) is 12.3 Å². The van der Waals surface area contributed by atoms with Gasteiger partial charge in [0, 0.05) is 6.07 Å². The molecule has 2 aliphatic heterocycles. The SMILES string of the molecule is COC(=O)C1=C(CF)NC2=C(C(=O)OC2)[C@@H]1c1cc(F)cc(F)c1C(F)F. The van der Waals surface area contributed by atoms with Gasteiger partial charge in [0.25, 0.3) is 6.43 Å². The summed E-state index contributed by atoms with van der Waals surface area (Å²) in [5, 5.41) is 2.50. The van der Waals surface area contributed by atoms with Gasteiger partial charge in [0.1, 0.15) is 24.9 Å². The van der Waals surface area contributed by atoms with Crippen LogP contribution in [0.5, 0.6) is 0 Å². The summed E-state index contributed by atoms with van der Waals surface area (Å²) in [6, 6.07) is 0.835. The van der Waals surface area contributed by atoms with E-state index < -0.39 is 59.3 Å². The smallest absolute Gasteiger partial charge is 0.337 e. The second-order valence-electron chi connectivity index (χ2n) is 5.74. The van der Waals surface area contributed by atoms with Crippen molar-refractivity contribution < 1.29 is 41.0 Å². The number of allylic oxidation sites excluding steroid dienone is 1. The van der Waals surface area contributed by atoms with Gasteiger partial charge >= 0.3 is 11.9 Å². The van der Waals surface area contributed by atoms with Crippen molar-refractivity contribution >= 4 is 11.9 Å². The number of alkyl halides is 3. The number of carbonyl (C=O) groups excluding carboxylic acids is 2. The Morgan fingerprint density at radius 2 is 2.07 bits per heavy atom. The van der Waals surface area contributed by atoms with Crippen molar-refractivity contribution in [1.29, 1.82) is 0 Å². The molecule has 1 aromatic rings. The Morgan fingerprint density at radius 3 is 2.67 bits per heavy atom. The maximum Gasteiger partial charge on any atom is 0.337 e. The zero-order valence-electron chi connectivity index (χ0n) is 13.7. The second kappa shape index (κ2) is 7.01. The summed E-state index contributed by atoms with van der Waals surface area (Å²) in [6.07, 6.45) is -3.38. The lowest BCUT2D eigenvalue weighted by molar-refractivity contribution is -0.136. The molecular weight excluding hydrogens is 377 g/mol. The Kier molecular flexibility index (Phi) is 4.90. The maximum absolute atomic E-state index is 14.1. The van der Waals surface area contributed by atoms with E-state index in [9.17, 15) is 31.5 Å². The first-order valence-corrected chi connectivity index (χ1v) is 7.61. The van der Waals surface area contributed by atoms with Crippen LogP contribution >= 0.6 is 0 Å². The quantitative estimate of drug-likeness (QED) is 0.634. The molecule has 0 aromatic heterocycles. The molecule has 1 aromatic carbocycles. The first-order valence-electron chi connectivity index (χ1n) is 7.61. The zero-order chi connectivity index (χ0) is 19.9. The number of rotatable bonds is 4. The minimum absolute atomic E-state index is 0.0233. The van der Waals surface area contributed by atoms with Crippen LogP contribution in [0, 0.1) is 11.6 Å². The van der Waals surface area contributed by atoms with E-state index >= 15 is 0 Å². The average molecular weight is 389 g/mol. The maximum atomic E-state index is 14.1. The van der Waals surface area contributed by atoms with E-state index in [0.717, 1.165) is 7.11 Å². The van der Waals surface area contributed by atoms with E-state index in [1.807, 2.05) is 0 Å². The molecule has 2 aliphatic rings. The number of methoxy groups -OCH3 is 1. The lowest BCUT2D eigenvalue weighted by Gasteiger charge is -2.29. The third-order valence-electron chi connectivity index (χ3n) is 4.29. The average Bonchev–Trinajstić information content (AvgIpc) is 2.99. The zero-order valence-corrected chi connectivity index (χ0v) is 13.7. The van der Waals surface area contributed by atoms with E-state index in [1.165, 1.54) is 0 Å². The van der Waals surface area contributed by atoms with Gasteiger partial charge in [-0.2, -0.15) is 0 Å². The molecule has 3 rings (SSSR count). The second-order valence-corrected chi connectivity index (χ2v) is 5.74. The predicted octanol–water partition coefficient (Wildman–Crippen LogP) is 2.80. The van der Waals surface area contributed by atoms with Gasteiger partial charge in [-0.1, -0.05) is 0 Å². The summed E-state index contributed by atoms with van der Waals surface area (Å²) in [4.78, 5) is 24.4. The van der Waals surface area contributed by atoms with Gasteiger partial charge in [-0.15, -0.1) is 0 Å². The van der Waals surface area contributed by atoms with E-state index in [4.69, 9.17) is 4.74 Å². The van der Waals surface area contributed by atoms with Crippen LogP contribution in [0.2, 0.25) is 0 Å². The molecular formula is C17H12F5NO4. The molecule has 2 heterocycles. The summed E-state index contributed by atoms with van der Waals surface area (Å²) >= 11 is 0. The van der Waals surface area contributed by atoms with Crippen molar-refractivity contribution in [1.82, 2.24) is 5.32 Å². The summed E-state index contributed by atoms with van der Waals surface area (Å²) < 4.78 is 77.8. The van der Waals surface area contributed by atoms with E-state index in [1.54, 1.807) is 0 Å². The van der Waals surface area contributed by atoms with E-state index in [-0.39, 0.29) is 29.6 Å². The Morgan fingerprint density at radius 1 is 1.37 bits per heavy atom. The summed E-state index contributed by atoms with van der Waals surface area (Å²) in [5.41, 5.74) is -3.07. The van der Waals surface area contributed by atoms with Crippen molar-refractivity contribution in [3.63, 3.8) is 0 Å². The molecule has 0 saturated heterocycles. The molecule has 1 N–H and O–H groups in total. The fourth-order valence-electron chi connectivity index (χ4n) is 3.22. The highest BCUT2D eigenvalue weighted by atomic mass is 19.3. The molecule has 0 saturated carbocycles. The van der Waals surface area contributed by atoms with Gasteiger partial charge in [-0.3, -0.25) is 0 Å². The number of halogens is 5. The molecule has 0 unspecified atom stereocenters. The molecule has 144 valence electrons. The third-order valence-corrected chi connectivity index (χ3v) is 4.29. The molecule has 27 heavy (non-hydrogen) atoms. The van der Waals surface area contributed by atoms with Crippen LogP contribution in [-0.2, 0) is 19.1 Å². The monoisotopic (exact) mass is 389 g/mol. The standard InChI is InChI=1S/C17H12F5NO4/c1-26-16(24)13-9(4-18)23-10-5-27-17(25)14(10)12(13)7-2-6(19)3-8(20)11(7)15(21)22/h2-3,12,15,23H,4-5H2,1H3/t12-/m1/s1. The van der Waals surface area contributed by atoms with Crippen LogP contribution in [0.3, 0.4) is 0 Å². The van der Waals surface area contributed by atoms with Gasteiger partial charge in [0.2, 0.25) is 0 Å². The number of carbonyl (C=O) groups is 2. The Balaban J connectivity index is 2.35. The number of esters is 2. The van der Waals surface area contributed by atoms with Gasteiger partial charge in [0.05, 0.1) is 41.1 Å². The number of hydrogen-bond donors (Lipinski definition) is 1. The number of cyclic esters (lactones) is 1. The topological polar surface area (TPSA) is 64.6 Å². The highest BCUT2D eigenvalue weighted by molar-refractivity contribution is 6.01. The normalized spacial score (nSPS) is 19.2. The van der Waals surface area contributed by atoms with Gasteiger partial charge in [-0.05, 0) is 11.6 Å².